The van der Waals surface area contributed by atoms with E-state index in [4.69, 9.17) is 11.5 Å². The first-order chi connectivity index (χ1) is 13.0. The molecule has 1 atom stereocenters. The fourth-order valence-corrected chi connectivity index (χ4v) is 2.81. The van der Waals surface area contributed by atoms with Crippen molar-refractivity contribution in [2.45, 2.75) is 12.0 Å². The highest BCUT2D eigenvalue weighted by Gasteiger charge is 2.34. The molecule has 6 heteroatoms. The lowest BCUT2D eigenvalue weighted by Crippen LogP contribution is -2.50. The largest absolute Gasteiger partial charge is 0.368 e. The number of nitrogens with two attached hydrogens (primary N) is 2. The fourth-order valence-electron chi connectivity index (χ4n) is 2.81. The van der Waals surface area contributed by atoms with Crippen LogP contribution in [0.15, 0.2) is 79.1 Å². The predicted octanol–water partition coefficient (Wildman–Crippen LogP) is 2.22. The Kier molecular flexibility index (Phi) is 5.28. The minimum absolute atomic E-state index is 0.266. The van der Waals surface area contributed by atoms with Crippen molar-refractivity contribution in [1.29, 1.82) is 0 Å². The van der Waals surface area contributed by atoms with E-state index in [0.29, 0.717) is 16.8 Å². The summed E-state index contributed by atoms with van der Waals surface area (Å²) in [5.74, 6) is -0.891. The molecule has 0 saturated carbocycles. The molecule has 0 aliphatic carbocycles. The number of primary amides is 1. The number of aromatic nitrogens is 1. The van der Waals surface area contributed by atoms with Crippen LogP contribution in [0.5, 0.6) is 0 Å². The number of pyridine rings is 1. The second-order valence-corrected chi connectivity index (χ2v) is 6.27. The third kappa shape index (κ3) is 4.19. The topological polar surface area (TPSA) is 111 Å². The van der Waals surface area contributed by atoms with Crippen molar-refractivity contribution in [3.8, 4) is 0 Å². The Labute approximate surface area is 157 Å². The molecule has 2 aromatic carbocycles. The van der Waals surface area contributed by atoms with Crippen LogP contribution in [0.3, 0.4) is 0 Å². The van der Waals surface area contributed by atoms with Crippen molar-refractivity contribution in [2.75, 3.05) is 5.32 Å². The zero-order valence-electron chi connectivity index (χ0n) is 14.6. The van der Waals surface area contributed by atoms with Gasteiger partial charge in [-0.05, 0) is 35.4 Å². The third-order valence-corrected chi connectivity index (χ3v) is 4.37. The van der Waals surface area contributed by atoms with Crippen molar-refractivity contribution in [3.05, 3.63) is 95.8 Å². The number of amides is 2. The molecule has 1 heterocycles. The van der Waals surface area contributed by atoms with Gasteiger partial charge in [0.25, 0.3) is 5.91 Å². The van der Waals surface area contributed by atoms with E-state index in [9.17, 15) is 9.59 Å². The molecule has 6 nitrogen and oxygen atoms in total. The molecule has 0 bridgehead atoms. The van der Waals surface area contributed by atoms with Crippen molar-refractivity contribution in [2.24, 2.45) is 11.5 Å². The van der Waals surface area contributed by atoms with E-state index in [1.54, 1.807) is 48.8 Å². The lowest BCUT2D eigenvalue weighted by molar-refractivity contribution is -0.123. The molecule has 0 aliphatic rings. The Hall–Kier alpha value is -3.51. The van der Waals surface area contributed by atoms with E-state index in [2.05, 4.69) is 10.3 Å². The summed E-state index contributed by atoms with van der Waals surface area (Å²) < 4.78 is 0. The van der Waals surface area contributed by atoms with Crippen LogP contribution in [0.25, 0.3) is 0 Å². The molecule has 3 aromatic rings. The zero-order valence-corrected chi connectivity index (χ0v) is 14.6. The van der Waals surface area contributed by atoms with Crippen LogP contribution < -0.4 is 16.8 Å². The van der Waals surface area contributed by atoms with Gasteiger partial charge in [-0.15, -0.1) is 0 Å². The second-order valence-electron chi connectivity index (χ2n) is 6.27. The molecular weight excluding hydrogens is 340 g/mol. The minimum atomic E-state index is -1.36. The highest BCUT2D eigenvalue weighted by atomic mass is 16.2. The van der Waals surface area contributed by atoms with Gasteiger partial charge in [0.2, 0.25) is 5.91 Å². The van der Waals surface area contributed by atoms with E-state index >= 15 is 0 Å². The number of carbonyl (C=O) groups is 2. The molecular formula is C21H20N4O2. The molecule has 0 spiro atoms. The summed E-state index contributed by atoms with van der Waals surface area (Å²) in [6.07, 6.45) is 3.46. The summed E-state index contributed by atoms with van der Waals surface area (Å²) in [6, 6.07) is 19.4. The van der Waals surface area contributed by atoms with Crippen LogP contribution in [0, 0.1) is 0 Å². The van der Waals surface area contributed by atoms with Crippen LogP contribution >= 0.6 is 0 Å². The van der Waals surface area contributed by atoms with Crippen LogP contribution in [0.1, 0.15) is 21.5 Å². The first kappa shape index (κ1) is 18.3. The standard InChI is InChI=1S/C21H20N4O2/c22-20(27)21(23,14-15-4-2-1-3-5-15)17-8-6-16(7-9-17)19(26)25-18-10-12-24-13-11-18/h1-13H,14,23H2,(H2,22,27)(H,24,25,26)/t21-/m1/s1. The van der Waals surface area contributed by atoms with E-state index in [0.717, 1.165) is 5.56 Å². The van der Waals surface area contributed by atoms with Crippen LogP contribution in [0.4, 0.5) is 5.69 Å². The number of hydrogen-bond acceptors (Lipinski definition) is 4. The SMILES string of the molecule is NC(=O)[C@@](N)(Cc1ccccc1)c1ccc(C(=O)Nc2ccncc2)cc1. The highest BCUT2D eigenvalue weighted by Crippen LogP contribution is 2.24. The summed E-state index contributed by atoms with van der Waals surface area (Å²) in [7, 11) is 0. The maximum Gasteiger partial charge on any atom is 0.255 e. The number of nitrogens with one attached hydrogen (secondary N) is 1. The first-order valence-corrected chi connectivity index (χ1v) is 8.44. The van der Waals surface area contributed by atoms with Gasteiger partial charge in [0, 0.05) is 30.1 Å². The number of hydrogen-bond donors (Lipinski definition) is 3. The van der Waals surface area contributed by atoms with E-state index in [-0.39, 0.29) is 12.3 Å². The summed E-state index contributed by atoms with van der Waals surface area (Å²) >= 11 is 0. The first-order valence-electron chi connectivity index (χ1n) is 8.44. The van der Waals surface area contributed by atoms with E-state index in [1.807, 2.05) is 30.3 Å². The lowest BCUT2D eigenvalue weighted by atomic mass is 9.83. The molecule has 2 amide bonds. The molecule has 1 aromatic heterocycles. The van der Waals surface area contributed by atoms with Gasteiger partial charge < -0.3 is 16.8 Å². The number of carbonyl (C=O) groups excluding carboxylic acids is 2. The van der Waals surface area contributed by atoms with Gasteiger partial charge >= 0.3 is 0 Å². The van der Waals surface area contributed by atoms with Crippen LogP contribution in [0.2, 0.25) is 0 Å². The average Bonchev–Trinajstić information content (AvgIpc) is 2.69. The zero-order chi connectivity index (χ0) is 19.3. The fraction of sp³-hybridized carbons (Fsp3) is 0.0952. The summed E-state index contributed by atoms with van der Waals surface area (Å²) in [6.45, 7) is 0. The number of rotatable bonds is 6. The van der Waals surface area contributed by atoms with Crippen molar-refractivity contribution in [1.82, 2.24) is 4.98 Å². The number of nitrogens with zero attached hydrogens (tertiary/aromatic N) is 1. The molecule has 0 fully saturated rings. The van der Waals surface area contributed by atoms with Gasteiger partial charge in [-0.3, -0.25) is 14.6 Å². The summed E-state index contributed by atoms with van der Waals surface area (Å²) in [5, 5.41) is 2.78. The quantitative estimate of drug-likeness (QED) is 0.626. The monoisotopic (exact) mass is 360 g/mol. The van der Waals surface area contributed by atoms with Crippen LogP contribution in [-0.4, -0.2) is 16.8 Å². The van der Waals surface area contributed by atoms with Gasteiger partial charge in [0.05, 0.1) is 0 Å². The molecule has 0 saturated heterocycles. The summed E-state index contributed by atoms with van der Waals surface area (Å²) in [5.41, 5.74) is 13.2. The minimum Gasteiger partial charge on any atom is -0.368 e. The Morgan fingerprint density at radius 3 is 2.15 bits per heavy atom. The normalized spacial score (nSPS) is 12.8. The second kappa shape index (κ2) is 7.80. The molecule has 0 radical (unpaired) electrons. The lowest BCUT2D eigenvalue weighted by Gasteiger charge is -2.27. The average molecular weight is 360 g/mol. The Morgan fingerprint density at radius 2 is 1.56 bits per heavy atom. The number of benzene rings is 2. The van der Waals surface area contributed by atoms with Crippen molar-refractivity contribution < 1.29 is 9.59 Å². The van der Waals surface area contributed by atoms with Crippen molar-refractivity contribution in [3.63, 3.8) is 0 Å². The van der Waals surface area contributed by atoms with E-state index < -0.39 is 11.4 Å². The molecule has 136 valence electrons. The Morgan fingerprint density at radius 1 is 0.926 bits per heavy atom. The van der Waals surface area contributed by atoms with Gasteiger partial charge in [0.1, 0.15) is 5.54 Å². The van der Waals surface area contributed by atoms with Gasteiger partial charge in [0.15, 0.2) is 0 Å². The Balaban J connectivity index is 1.81. The van der Waals surface area contributed by atoms with Crippen LogP contribution in [-0.2, 0) is 16.8 Å². The molecule has 5 N–H and O–H groups in total. The van der Waals surface area contributed by atoms with Crippen molar-refractivity contribution >= 4 is 17.5 Å². The van der Waals surface area contributed by atoms with Gasteiger partial charge in [-0.25, -0.2) is 0 Å². The maximum absolute atomic E-state index is 12.3. The molecule has 0 aliphatic heterocycles. The molecule has 0 unspecified atom stereocenters. The maximum atomic E-state index is 12.3. The van der Waals surface area contributed by atoms with Gasteiger partial charge in [-0.2, -0.15) is 0 Å². The predicted molar refractivity (Wildman–Crippen MR) is 104 cm³/mol. The van der Waals surface area contributed by atoms with Gasteiger partial charge in [-0.1, -0.05) is 42.5 Å². The Bertz CT molecular complexity index is 927. The molecule has 27 heavy (non-hydrogen) atoms. The smallest absolute Gasteiger partial charge is 0.255 e. The third-order valence-electron chi connectivity index (χ3n) is 4.37. The number of anilines is 1. The highest BCUT2D eigenvalue weighted by molar-refractivity contribution is 6.04. The molecule has 3 rings (SSSR count). The summed E-state index contributed by atoms with van der Waals surface area (Å²) in [4.78, 5) is 28.3. The van der Waals surface area contributed by atoms with E-state index in [1.165, 1.54) is 0 Å².